The molecule has 21 heavy (non-hydrogen) atoms. The fourth-order valence-electron chi connectivity index (χ4n) is 2.36. The Bertz CT molecular complexity index is 650. The summed E-state index contributed by atoms with van der Waals surface area (Å²) in [4.78, 5) is 12.2. The maximum atomic E-state index is 12.2. The molecule has 0 bridgehead atoms. The Morgan fingerprint density at radius 3 is 2.81 bits per heavy atom. The van der Waals surface area contributed by atoms with E-state index < -0.39 is 9.05 Å². The Balaban J connectivity index is 2.13. The molecule has 0 spiro atoms. The quantitative estimate of drug-likeness (QED) is 0.794. The third-order valence-corrected chi connectivity index (χ3v) is 5.71. The minimum absolute atomic E-state index is 0.0298. The van der Waals surface area contributed by atoms with Crippen molar-refractivity contribution in [2.45, 2.75) is 30.8 Å². The lowest BCUT2D eigenvalue weighted by Gasteiger charge is -2.16. The van der Waals surface area contributed by atoms with Crippen LogP contribution in [0.5, 0.6) is 0 Å². The molecule has 1 aromatic rings. The van der Waals surface area contributed by atoms with E-state index in [-0.39, 0.29) is 22.8 Å². The molecule has 1 N–H and O–H groups in total. The molecule has 8 heteroatoms. The Hall–Kier alpha value is -0.630. The lowest BCUT2D eigenvalue weighted by molar-refractivity contribution is -0.121. The van der Waals surface area contributed by atoms with Gasteiger partial charge in [-0.2, -0.15) is 0 Å². The van der Waals surface area contributed by atoms with Crippen LogP contribution in [0.3, 0.4) is 0 Å². The van der Waals surface area contributed by atoms with Crippen LogP contribution in [0, 0.1) is 5.92 Å². The Morgan fingerprint density at radius 1 is 1.52 bits per heavy atom. The summed E-state index contributed by atoms with van der Waals surface area (Å²) in [5.74, 6) is -0.294. The first-order valence-electron chi connectivity index (χ1n) is 6.49. The summed E-state index contributed by atoms with van der Waals surface area (Å²) in [6.45, 7) is 2.57. The second-order valence-electron chi connectivity index (χ2n) is 4.78. The number of nitrogens with one attached hydrogen (secondary N) is 1. The van der Waals surface area contributed by atoms with Gasteiger partial charge in [0.15, 0.2) is 0 Å². The number of anilines is 1. The number of carbonyl (C=O) groups excluding carboxylic acids is 1. The average Bonchev–Trinajstić information content (AvgIpc) is 2.85. The van der Waals surface area contributed by atoms with E-state index in [0.29, 0.717) is 23.2 Å². The number of benzene rings is 1. The van der Waals surface area contributed by atoms with Crippen molar-refractivity contribution in [2.24, 2.45) is 5.92 Å². The Morgan fingerprint density at radius 2 is 2.24 bits per heavy atom. The van der Waals surface area contributed by atoms with E-state index in [4.69, 9.17) is 15.4 Å². The lowest BCUT2D eigenvalue weighted by atomic mass is 9.98. The summed E-state index contributed by atoms with van der Waals surface area (Å²) in [6, 6.07) is 4.38. The normalized spacial score (nSPS) is 22.2. The summed E-state index contributed by atoms with van der Waals surface area (Å²) in [5, 5.41) is 2.78. The van der Waals surface area contributed by atoms with Crippen molar-refractivity contribution in [3.05, 3.63) is 22.7 Å². The molecule has 116 valence electrons. The third-order valence-electron chi connectivity index (χ3n) is 3.41. The number of rotatable bonds is 4. The third kappa shape index (κ3) is 3.97. The molecule has 1 aliphatic rings. The summed E-state index contributed by atoms with van der Waals surface area (Å²) >= 11 is 3.14. The second kappa shape index (κ2) is 6.64. The van der Waals surface area contributed by atoms with Crippen molar-refractivity contribution < 1.29 is 17.9 Å². The molecule has 1 aliphatic heterocycles. The first kappa shape index (κ1) is 16.7. The van der Waals surface area contributed by atoms with Gasteiger partial charge in [0.2, 0.25) is 5.91 Å². The van der Waals surface area contributed by atoms with E-state index in [1.807, 2.05) is 6.92 Å². The molecule has 1 saturated heterocycles. The number of halogens is 2. The largest absolute Gasteiger partial charge is 0.377 e. The molecule has 2 unspecified atom stereocenters. The van der Waals surface area contributed by atoms with Crippen molar-refractivity contribution in [2.75, 3.05) is 11.9 Å². The fraction of sp³-hybridized carbons (Fsp3) is 0.462. The van der Waals surface area contributed by atoms with Gasteiger partial charge in [0.25, 0.3) is 9.05 Å². The summed E-state index contributed by atoms with van der Waals surface area (Å²) in [7, 11) is 1.49. The molecule has 2 atom stereocenters. The highest BCUT2D eigenvalue weighted by molar-refractivity contribution is 9.10. The number of carbonyl (C=O) groups is 1. The maximum Gasteiger partial charge on any atom is 0.262 e. The first-order valence-corrected chi connectivity index (χ1v) is 9.60. The van der Waals surface area contributed by atoms with Crippen LogP contribution in [0.25, 0.3) is 0 Å². The van der Waals surface area contributed by atoms with Gasteiger partial charge in [-0.3, -0.25) is 4.79 Å². The monoisotopic (exact) mass is 395 g/mol. The molecule has 1 fully saturated rings. The van der Waals surface area contributed by atoms with Gasteiger partial charge in [0.05, 0.1) is 16.9 Å². The van der Waals surface area contributed by atoms with Crippen LogP contribution in [0.4, 0.5) is 5.69 Å². The molecule has 0 aliphatic carbocycles. The number of amides is 1. The topological polar surface area (TPSA) is 72.5 Å². The van der Waals surface area contributed by atoms with Gasteiger partial charge in [0.1, 0.15) is 0 Å². The average molecular weight is 397 g/mol. The van der Waals surface area contributed by atoms with Crippen LogP contribution in [-0.4, -0.2) is 27.0 Å². The Labute approximate surface area is 136 Å². The second-order valence-corrected chi connectivity index (χ2v) is 8.17. The van der Waals surface area contributed by atoms with Gasteiger partial charge >= 0.3 is 0 Å². The zero-order valence-electron chi connectivity index (χ0n) is 11.3. The lowest BCUT2D eigenvalue weighted by Crippen LogP contribution is -2.29. The Kier molecular flexibility index (Phi) is 5.29. The van der Waals surface area contributed by atoms with Crippen molar-refractivity contribution >= 4 is 47.3 Å². The highest BCUT2D eigenvalue weighted by atomic mass is 79.9. The molecule has 0 aromatic heterocycles. The predicted octanol–water partition coefficient (Wildman–Crippen LogP) is 3.13. The predicted molar refractivity (Wildman–Crippen MR) is 83.9 cm³/mol. The maximum absolute atomic E-state index is 12.2. The molecule has 0 saturated carbocycles. The van der Waals surface area contributed by atoms with Crippen molar-refractivity contribution in [1.82, 2.24) is 0 Å². The molecule has 5 nitrogen and oxygen atoms in total. The molecular weight excluding hydrogens is 382 g/mol. The highest BCUT2D eigenvalue weighted by Gasteiger charge is 2.32. The zero-order valence-corrected chi connectivity index (χ0v) is 14.5. The van der Waals surface area contributed by atoms with Gasteiger partial charge < -0.3 is 10.1 Å². The minimum atomic E-state index is -3.81. The van der Waals surface area contributed by atoms with E-state index in [2.05, 4.69) is 21.2 Å². The van der Waals surface area contributed by atoms with E-state index in [1.54, 1.807) is 0 Å². The molecule has 1 heterocycles. The van der Waals surface area contributed by atoms with Gasteiger partial charge in [0, 0.05) is 27.4 Å². The van der Waals surface area contributed by atoms with Crippen molar-refractivity contribution in [3.8, 4) is 0 Å². The summed E-state index contributed by atoms with van der Waals surface area (Å²) in [5.41, 5.74) is 0.512. The van der Waals surface area contributed by atoms with E-state index in [0.717, 1.165) is 6.42 Å². The molecule has 2 rings (SSSR count). The van der Waals surface area contributed by atoms with Crippen LogP contribution in [-0.2, 0) is 18.6 Å². The van der Waals surface area contributed by atoms with Crippen LogP contribution in [0.1, 0.15) is 19.8 Å². The SMILES string of the molecule is CCC1OCCC1C(=O)Nc1ccc(S(=O)(=O)Cl)c(Br)c1. The molecule has 0 radical (unpaired) electrons. The smallest absolute Gasteiger partial charge is 0.262 e. The minimum Gasteiger partial charge on any atom is -0.377 e. The van der Waals surface area contributed by atoms with Crippen LogP contribution in [0.2, 0.25) is 0 Å². The molecule has 1 amide bonds. The van der Waals surface area contributed by atoms with E-state index >= 15 is 0 Å². The highest BCUT2D eigenvalue weighted by Crippen LogP contribution is 2.29. The van der Waals surface area contributed by atoms with Gasteiger partial charge in [-0.25, -0.2) is 8.42 Å². The number of ether oxygens (including phenoxy) is 1. The van der Waals surface area contributed by atoms with Gasteiger partial charge in [-0.05, 0) is 47.0 Å². The number of hydrogen-bond donors (Lipinski definition) is 1. The van der Waals surface area contributed by atoms with Crippen molar-refractivity contribution in [3.63, 3.8) is 0 Å². The van der Waals surface area contributed by atoms with Crippen LogP contribution < -0.4 is 5.32 Å². The van der Waals surface area contributed by atoms with Crippen LogP contribution >= 0.6 is 26.6 Å². The van der Waals surface area contributed by atoms with Gasteiger partial charge in [-0.1, -0.05) is 6.92 Å². The van der Waals surface area contributed by atoms with Gasteiger partial charge in [-0.15, -0.1) is 0 Å². The fourth-order valence-corrected chi connectivity index (χ4v) is 4.59. The molecule has 1 aromatic carbocycles. The van der Waals surface area contributed by atoms with E-state index in [9.17, 15) is 13.2 Å². The number of hydrogen-bond acceptors (Lipinski definition) is 4. The molecular formula is C13H15BrClNO4S. The summed E-state index contributed by atoms with van der Waals surface area (Å²) < 4.78 is 28.4. The standard InChI is InChI=1S/C13H15BrClNO4S/c1-2-11-9(5-6-20-11)13(17)16-8-3-4-12(10(14)7-8)21(15,18)19/h3-4,7,9,11H,2,5-6H2,1H3,(H,16,17). The first-order chi connectivity index (χ1) is 9.82. The van der Waals surface area contributed by atoms with Crippen molar-refractivity contribution in [1.29, 1.82) is 0 Å². The van der Waals surface area contributed by atoms with E-state index in [1.165, 1.54) is 18.2 Å². The van der Waals surface area contributed by atoms with Crippen LogP contribution in [0.15, 0.2) is 27.6 Å². The summed E-state index contributed by atoms with van der Waals surface area (Å²) in [6.07, 6.45) is 1.42. The zero-order chi connectivity index (χ0) is 15.6.